The molecule has 1 N–H and O–H groups in total. The molecular formula is C12H10F2N2O. The first kappa shape index (κ1) is 11.5. The van der Waals surface area contributed by atoms with Gasteiger partial charge in [0, 0.05) is 6.07 Å². The van der Waals surface area contributed by atoms with Crippen molar-refractivity contribution in [3.8, 4) is 6.07 Å². The molecule has 0 heterocycles. The number of nitrogens with one attached hydrogen (secondary N) is 1. The molecule has 1 fully saturated rings. The number of nitrogens with zero attached hydrogens (tertiary/aromatic N) is 1. The molecule has 1 saturated carbocycles. The van der Waals surface area contributed by atoms with E-state index in [9.17, 15) is 13.6 Å². The van der Waals surface area contributed by atoms with Gasteiger partial charge in [0.25, 0.3) is 0 Å². The average molecular weight is 236 g/mol. The van der Waals surface area contributed by atoms with Crippen LogP contribution in [0.15, 0.2) is 18.2 Å². The van der Waals surface area contributed by atoms with E-state index in [1.165, 1.54) is 0 Å². The van der Waals surface area contributed by atoms with Crippen molar-refractivity contribution in [1.29, 1.82) is 5.26 Å². The van der Waals surface area contributed by atoms with Gasteiger partial charge < -0.3 is 5.32 Å². The predicted molar refractivity (Wildman–Crippen MR) is 56.9 cm³/mol. The van der Waals surface area contributed by atoms with E-state index in [2.05, 4.69) is 5.32 Å². The SMILES string of the molecule is N#CC1(C(=O)Nc2cc(F)ccc2F)CCC1. The fraction of sp³-hybridized carbons (Fsp3) is 0.333. The van der Waals surface area contributed by atoms with Gasteiger partial charge in [-0.2, -0.15) is 5.26 Å². The molecule has 0 atom stereocenters. The monoisotopic (exact) mass is 236 g/mol. The molecule has 0 saturated heterocycles. The molecule has 1 aromatic carbocycles. The summed E-state index contributed by atoms with van der Waals surface area (Å²) in [5.74, 6) is -1.91. The maximum Gasteiger partial charge on any atom is 0.244 e. The second kappa shape index (κ2) is 4.13. The van der Waals surface area contributed by atoms with Crippen LogP contribution in [-0.4, -0.2) is 5.91 Å². The largest absolute Gasteiger partial charge is 0.322 e. The number of nitriles is 1. The normalized spacial score (nSPS) is 16.8. The molecule has 1 aromatic rings. The van der Waals surface area contributed by atoms with Gasteiger partial charge in [-0.15, -0.1) is 0 Å². The molecule has 3 nitrogen and oxygen atoms in total. The van der Waals surface area contributed by atoms with Crippen molar-refractivity contribution in [3.63, 3.8) is 0 Å². The molecule has 17 heavy (non-hydrogen) atoms. The van der Waals surface area contributed by atoms with E-state index in [1.807, 2.05) is 6.07 Å². The molecule has 0 aliphatic heterocycles. The lowest BCUT2D eigenvalue weighted by atomic mass is 9.69. The third kappa shape index (κ3) is 1.98. The summed E-state index contributed by atoms with van der Waals surface area (Å²) >= 11 is 0. The van der Waals surface area contributed by atoms with E-state index in [-0.39, 0.29) is 5.69 Å². The van der Waals surface area contributed by atoms with Gasteiger partial charge in [0.1, 0.15) is 17.0 Å². The Hall–Kier alpha value is -1.96. The Bertz CT molecular complexity index is 504. The van der Waals surface area contributed by atoms with Crippen LogP contribution < -0.4 is 5.32 Å². The average Bonchev–Trinajstić information content (AvgIpc) is 2.23. The molecule has 88 valence electrons. The molecule has 2 rings (SSSR count). The van der Waals surface area contributed by atoms with E-state index in [1.54, 1.807) is 0 Å². The number of benzene rings is 1. The lowest BCUT2D eigenvalue weighted by Gasteiger charge is -2.33. The number of carbonyl (C=O) groups excluding carboxylic acids is 1. The van der Waals surface area contributed by atoms with Gasteiger partial charge in [-0.3, -0.25) is 4.79 Å². The van der Waals surface area contributed by atoms with Crippen LogP contribution >= 0.6 is 0 Å². The van der Waals surface area contributed by atoms with Gasteiger partial charge in [-0.25, -0.2) is 8.78 Å². The van der Waals surface area contributed by atoms with Gasteiger partial charge in [0.15, 0.2) is 0 Å². The van der Waals surface area contributed by atoms with E-state index in [4.69, 9.17) is 5.26 Å². The summed E-state index contributed by atoms with van der Waals surface area (Å²) in [5, 5.41) is 11.2. The third-order valence-corrected chi connectivity index (χ3v) is 3.03. The van der Waals surface area contributed by atoms with Gasteiger partial charge >= 0.3 is 0 Å². The smallest absolute Gasteiger partial charge is 0.244 e. The predicted octanol–water partition coefficient (Wildman–Crippen LogP) is 2.60. The van der Waals surface area contributed by atoms with Crippen molar-refractivity contribution < 1.29 is 13.6 Å². The standard InChI is InChI=1S/C12H10F2N2O/c13-8-2-3-9(14)10(6-8)16-11(17)12(7-15)4-1-5-12/h2-3,6H,1,4-5H2,(H,16,17). The number of hydrogen-bond donors (Lipinski definition) is 1. The lowest BCUT2D eigenvalue weighted by Crippen LogP contribution is -2.40. The maximum atomic E-state index is 13.3. The summed E-state index contributed by atoms with van der Waals surface area (Å²) in [4.78, 5) is 11.8. The summed E-state index contributed by atoms with van der Waals surface area (Å²) in [7, 11) is 0. The topological polar surface area (TPSA) is 52.9 Å². The highest BCUT2D eigenvalue weighted by molar-refractivity contribution is 5.97. The van der Waals surface area contributed by atoms with Crippen LogP contribution in [0.5, 0.6) is 0 Å². The van der Waals surface area contributed by atoms with E-state index >= 15 is 0 Å². The first-order valence-electron chi connectivity index (χ1n) is 5.25. The first-order chi connectivity index (χ1) is 8.07. The molecular weight excluding hydrogens is 226 g/mol. The highest BCUT2D eigenvalue weighted by Gasteiger charge is 2.44. The van der Waals surface area contributed by atoms with Crippen LogP contribution in [0, 0.1) is 28.4 Å². The minimum Gasteiger partial charge on any atom is -0.322 e. The summed E-state index contributed by atoms with van der Waals surface area (Å²) in [6, 6.07) is 4.74. The molecule has 1 aliphatic rings. The highest BCUT2D eigenvalue weighted by atomic mass is 19.1. The van der Waals surface area contributed by atoms with Crippen LogP contribution in [0.25, 0.3) is 0 Å². The van der Waals surface area contributed by atoms with Gasteiger partial charge in [-0.1, -0.05) is 0 Å². The summed E-state index contributed by atoms with van der Waals surface area (Å²) < 4.78 is 26.2. The first-order valence-corrected chi connectivity index (χ1v) is 5.25. The van der Waals surface area contributed by atoms with Crippen molar-refractivity contribution in [2.75, 3.05) is 5.32 Å². The van der Waals surface area contributed by atoms with Gasteiger partial charge in [0.2, 0.25) is 5.91 Å². The Morgan fingerprint density at radius 3 is 2.65 bits per heavy atom. The number of amides is 1. The summed E-state index contributed by atoms with van der Waals surface area (Å²) in [6.07, 6.45) is 1.73. The molecule has 0 bridgehead atoms. The van der Waals surface area contributed by atoms with Crippen LogP contribution in [0.3, 0.4) is 0 Å². The van der Waals surface area contributed by atoms with Gasteiger partial charge in [0.05, 0.1) is 11.8 Å². The molecule has 0 unspecified atom stereocenters. The van der Waals surface area contributed by atoms with E-state index < -0.39 is 23.0 Å². The van der Waals surface area contributed by atoms with Crippen LogP contribution in [0.4, 0.5) is 14.5 Å². The fourth-order valence-corrected chi connectivity index (χ4v) is 1.76. The van der Waals surface area contributed by atoms with Crippen LogP contribution in [0.1, 0.15) is 19.3 Å². The molecule has 0 aromatic heterocycles. The number of halogens is 2. The van der Waals surface area contributed by atoms with Crippen molar-refractivity contribution >= 4 is 11.6 Å². The Balaban J connectivity index is 2.19. The lowest BCUT2D eigenvalue weighted by molar-refractivity contribution is -0.126. The molecule has 0 spiro atoms. The van der Waals surface area contributed by atoms with Crippen LogP contribution in [-0.2, 0) is 4.79 Å². The van der Waals surface area contributed by atoms with Gasteiger partial charge in [-0.05, 0) is 31.4 Å². The number of hydrogen-bond acceptors (Lipinski definition) is 2. The Kier molecular flexibility index (Phi) is 2.80. The van der Waals surface area contributed by atoms with E-state index in [0.29, 0.717) is 12.8 Å². The zero-order chi connectivity index (χ0) is 12.5. The minimum atomic E-state index is -1.07. The third-order valence-electron chi connectivity index (χ3n) is 3.03. The minimum absolute atomic E-state index is 0.225. The quantitative estimate of drug-likeness (QED) is 0.858. The van der Waals surface area contributed by atoms with Crippen molar-refractivity contribution in [1.82, 2.24) is 0 Å². The Morgan fingerprint density at radius 1 is 1.41 bits per heavy atom. The molecule has 0 radical (unpaired) electrons. The molecule has 1 aliphatic carbocycles. The maximum absolute atomic E-state index is 13.3. The van der Waals surface area contributed by atoms with Crippen molar-refractivity contribution in [3.05, 3.63) is 29.8 Å². The number of rotatable bonds is 2. The number of anilines is 1. The molecule has 1 amide bonds. The van der Waals surface area contributed by atoms with Crippen LogP contribution in [0.2, 0.25) is 0 Å². The summed E-state index contributed by atoms with van der Waals surface area (Å²) in [5.41, 5.74) is -1.30. The zero-order valence-corrected chi connectivity index (χ0v) is 8.96. The highest BCUT2D eigenvalue weighted by Crippen LogP contribution is 2.41. The van der Waals surface area contributed by atoms with E-state index in [0.717, 1.165) is 24.6 Å². The molecule has 5 heteroatoms. The fourth-order valence-electron chi connectivity index (χ4n) is 1.76. The van der Waals surface area contributed by atoms with Crippen molar-refractivity contribution in [2.45, 2.75) is 19.3 Å². The number of carbonyl (C=O) groups is 1. The second-order valence-electron chi connectivity index (χ2n) is 4.13. The Morgan fingerprint density at radius 2 is 2.12 bits per heavy atom. The van der Waals surface area contributed by atoms with Crippen molar-refractivity contribution in [2.24, 2.45) is 5.41 Å². The summed E-state index contributed by atoms with van der Waals surface area (Å²) in [6.45, 7) is 0. The second-order valence-corrected chi connectivity index (χ2v) is 4.13. The Labute approximate surface area is 97.1 Å². The zero-order valence-electron chi connectivity index (χ0n) is 8.96.